The molecule has 1 atom stereocenters. The predicted octanol–water partition coefficient (Wildman–Crippen LogP) is -0.312. The molecular formula is C10H20N4. The summed E-state index contributed by atoms with van der Waals surface area (Å²) in [4.78, 5) is 6.68. The molecule has 0 amide bonds. The van der Waals surface area contributed by atoms with Gasteiger partial charge in [-0.3, -0.25) is 4.90 Å². The van der Waals surface area contributed by atoms with Gasteiger partial charge in [0.2, 0.25) is 0 Å². The van der Waals surface area contributed by atoms with Crippen molar-refractivity contribution < 1.29 is 0 Å². The van der Waals surface area contributed by atoms with Crippen molar-refractivity contribution in [2.45, 2.75) is 6.04 Å². The minimum Gasteiger partial charge on any atom is -0.304 e. The molecule has 14 heavy (non-hydrogen) atoms. The van der Waals surface area contributed by atoms with Gasteiger partial charge in [-0.1, -0.05) is 0 Å². The third kappa shape index (κ3) is 3.26. The minimum atomic E-state index is 0.0338. The standard InChI is InChI=1S/C10H20N4/c1-12-4-5-13(2)9-10(8-11)14(3)7-6-12/h10H,4-7,9H2,1-3H3. The lowest BCUT2D eigenvalue weighted by Crippen LogP contribution is -2.40. The van der Waals surface area contributed by atoms with Crippen molar-refractivity contribution in [3.8, 4) is 6.07 Å². The Kier molecular flexibility index (Phi) is 4.33. The monoisotopic (exact) mass is 196 g/mol. The molecule has 1 aliphatic rings. The van der Waals surface area contributed by atoms with Gasteiger partial charge in [0.25, 0.3) is 0 Å². The Labute approximate surface area is 86.7 Å². The molecule has 0 spiro atoms. The van der Waals surface area contributed by atoms with E-state index in [1.165, 1.54) is 0 Å². The van der Waals surface area contributed by atoms with Crippen molar-refractivity contribution in [1.29, 1.82) is 5.26 Å². The average Bonchev–Trinajstić information content (AvgIpc) is 2.23. The second-order valence-electron chi connectivity index (χ2n) is 4.19. The quantitative estimate of drug-likeness (QED) is 0.532. The Morgan fingerprint density at radius 1 is 1.00 bits per heavy atom. The van der Waals surface area contributed by atoms with E-state index in [0.717, 1.165) is 32.7 Å². The molecule has 1 saturated heterocycles. The van der Waals surface area contributed by atoms with Crippen LogP contribution >= 0.6 is 0 Å². The molecule has 1 aliphatic heterocycles. The van der Waals surface area contributed by atoms with E-state index in [2.05, 4.69) is 34.9 Å². The molecule has 4 heteroatoms. The van der Waals surface area contributed by atoms with E-state index in [1.807, 2.05) is 7.05 Å². The molecule has 0 bridgehead atoms. The zero-order valence-corrected chi connectivity index (χ0v) is 9.40. The Balaban J connectivity index is 2.59. The smallest absolute Gasteiger partial charge is 0.110 e. The number of nitriles is 1. The van der Waals surface area contributed by atoms with Crippen molar-refractivity contribution >= 4 is 0 Å². The first-order valence-corrected chi connectivity index (χ1v) is 5.10. The molecule has 0 aromatic rings. The van der Waals surface area contributed by atoms with Crippen molar-refractivity contribution in [2.75, 3.05) is 53.9 Å². The van der Waals surface area contributed by atoms with Gasteiger partial charge in [0.1, 0.15) is 6.04 Å². The first-order chi connectivity index (χ1) is 6.63. The third-order valence-electron chi connectivity index (χ3n) is 2.86. The molecular weight excluding hydrogens is 176 g/mol. The van der Waals surface area contributed by atoms with Crippen molar-refractivity contribution in [3.63, 3.8) is 0 Å². The zero-order valence-electron chi connectivity index (χ0n) is 9.40. The van der Waals surface area contributed by atoms with Gasteiger partial charge >= 0.3 is 0 Å². The molecule has 0 N–H and O–H groups in total. The molecule has 0 saturated carbocycles. The highest BCUT2D eigenvalue weighted by molar-refractivity contribution is 4.93. The summed E-state index contributed by atoms with van der Waals surface area (Å²) in [6.07, 6.45) is 0. The maximum atomic E-state index is 9.02. The van der Waals surface area contributed by atoms with Crippen LogP contribution < -0.4 is 0 Å². The lowest BCUT2D eigenvalue weighted by molar-refractivity contribution is 0.231. The van der Waals surface area contributed by atoms with Crippen LogP contribution in [0.2, 0.25) is 0 Å². The van der Waals surface area contributed by atoms with Gasteiger partial charge in [-0.25, -0.2) is 0 Å². The van der Waals surface area contributed by atoms with Crippen LogP contribution in [0.1, 0.15) is 0 Å². The van der Waals surface area contributed by atoms with Crippen LogP contribution in [-0.4, -0.2) is 74.6 Å². The highest BCUT2D eigenvalue weighted by Crippen LogP contribution is 2.01. The van der Waals surface area contributed by atoms with Crippen LogP contribution in [0.3, 0.4) is 0 Å². The van der Waals surface area contributed by atoms with Gasteiger partial charge in [-0.2, -0.15) is 5.26 Å². The molecule has 1 rings (SSSR count). The van der Waals surface area contributed by atoms with Crippen LogP contribution in [-0.2, 0) is 0 Å². The number of likely N-dealkylation sites (N-methyl/N-ethyl adjacent to an activating group) is 3. The van der Waals surface area contributed by atoms with E-state index < -0.39 is 0 Å². The fourth-order valence-electron chi connectivity index (χ4n) is 1.60. The van der Waals surface area contributed by atoms with Gasteiger partial charge in [0.15, 0.2) is 0 Å². The van der Waals surface area contributed by atoms with Crippen LogP contribution in [0.25, 0.3) is 0 Å². The summed E-state index contributed by atoms with van der Waals surface area (Å²) in [7, 11) is 6.24. The Bertz CT molecular complexity index is 211. The molecule has 0 aliphatic carbocycles. The highest BCUT2D eigenvalue weighted by atomic mass is 15.2. The third-order valence-corrected chi connectivity index (χ3v) is 2.86. The van der Waals surface area contributed by atoms with E-state index in [4.69, 9.17) is 5.26 Å². The van der Waals surface area contributed by atoms with Crippen LogP contribution in [0.15, 0.2) is 0 Å². The fourth-order valence-corrected chi connectivity index (χ4v) is 1.60. The van der Waals surface area contributed by atoms with Crippen molar-refractivity contribution in [3.05, 3.63) is 0 Å². The Morgan fingerprint density at radius 3 is 2.21 bits per heavy atom. The van der Waals surface area contributed by atoms with E-state index in [1.54, 1.807) is 0 Å². The first kappa shape index (κ1) is 11.4. The first-order valence-electron chi connectivity index (χ1n) is 5.10. The molecule has 4 nitrogen and oxygen atoms in total. The molecule has 0 aromatic heterocycles. The maximum absolute atomic E-state index is 9.02. The summed E-state index contributed by atoms with van der Waals surface area (Å²) in [5.41, 5.74) is 0. The summed E-state index contributed by atoms with van der Waals surface area (Å²) in [5, 5.41) is 9.02. The fraction of sp³-hybridized carbons (Fsp3) is 0.900. The van der Waals surface area contributed by atoms with Gasteiger partial charge in [-0.05, 0) is 21.1 Å². The van der Waals surface area contributed by atoms with Crippen LogP contribution in [0.5, 0.6) is 0 Å². The molecule has 0 radical (unpaired) electrons. The summed E-state index contributed by atoms with van der Waals surface area (Å²) in [6, 6.07) is 2.39. The summed E-state index contributed by atoms with van der Waals surface area (Å²) < 4.78 is 0. The normalized spacial score (nSPS) is 28.9. The highest BCUT2D eigenvalue weighted by Gasteiger charge is 2.18. The van der Waals surface area contributed by atoms with Crippen LogP contribution in [0, 0.1) is 11.3 Å². The second kappa shape index (κ2) is 5.30. The van der Waals surface area contributed by atoms with Crippen molar-refractivity contribution in [1.82, 2.24) is 14.7 Å². The average molecular weight is 196 g/mol. The second-order valence-corrected chi connectivity index (χ2v) is 4.19. The van der Waals surface area contributed by atoms with E-state index in [0.29, 0.717) is 0 Å². The lowest BCUT2D eigenvalue weighted by atomic mass is 10.2. The number of rotatable bonds is 0. The Morgan fingerprint density at radius 2 is 1.57 bits per heavy atom. The topological polar surface area (TPSA) is 33.5 Å². The zero-order chi connectivity index (χ0) is 10.6. The number of hydrogen-bond acceptors (Lipinski definition) is 4. The summed E-state index contributed by atoms with van der Waals surface area (Å²) >= 11 is 0. The van der Waals surface area contributed by atoms with E-state index in [9.17, 15) is 0 Å². The van der Waals surface area contributed by atoms with Gasteiger partial charge in [0.05, 0.1) is 6.07 Å². The van der Waals surface area contributed by atoms with Crippen molar-refractivity contribution in [2.24, 2.45) is 0 Å². The SMILES string of the molecule is CN1CCN(C)CC(C#N)N(C)CC1. The minimum absolute atomic E-state index is 0.0338. The van der Waals surface area contributed by atoms with E-state index in [-0.39, 0.29) is 6.04 Å². The summed E-state index contributed by atoms with van der Waals surface area (Å²) in [6.45, 7) is 5.00. The van der Waals surface area contributed by atoms with Gasteiger partial charge in [-0.15, -0.1) is 0 Å². The molecule has 80 valence electrons. The molecule has 0 aromatic carbocycles. The maximum Gasteiger partial charge on any atom is 0.110 e. The number of hydrogen-bond donors (Lipinski definition) is 0. The largest absolute Gasteiger partial charge is 0.304 e. The summed E-state index contributed by atoms with van der Waals surface area (Å²) in [5.74, 6) is 0. The van der Waals surface area contributed by atoms with Gasteiger partial charge in [0, 0.05) is 32.7 Å². The number of nitrogens with zero attached hydrogens (tertiary/aromatic N) is 4. The lowest BCUT2D eigenvalue weighted by Gasteiger charge is -2.24. The van der Waals surface area contributed by atoms with Crippen LogP contribution in [0.4, 0.5) is 0 Å². The molecule has 1 heterocycles. The van der Waals surface area contributed by atoms with E-state index >= 15 is 0 Å². The van der Waals surface area contributed by atoms with Gasteiger partial charge < -0.3 is 9.80 Å². The Hall–Kier alpha value is -0.630. The molecule has 1 fully saturated rings. The molecule has 1 unspecified atom stereocenters. The predicted molar refractivity (Wildman–Crippen MR) is 57.0 cm³/mol.